The van der Waals surface area contributed by atoms with Crippen LogP contribution < -0.4 is 0 Å². The molecule has 19 heavy (non-hydrogen) atoms. The molecule has 0 spiro atoms. The van der Waals surface area contributed by atoms with Gasteiger partial charge in [-0.2, -0.15) is 0 Å². The summed E-state index contributed by atoms with van der Waals surface area (Å²) in [5, 5.41) is 0. The van der Waals surface area contributed by atoms with Gasteiger partial charge in [0.2, 0.25) is 0 Å². The Morgan fingerprint density at radius 1 is 0.842 bits per heavy atom. The summed E-state index contributed by atoms with van der Waals surface area (Å²) in [6, 6.07) is 1.67. The van der Waals surface area contributed by atoms with Gasteiger partial charge in [-0.3, -0.25) is 9.80 Å². The zero-order valence-electron chi connectivity index (χ0n) is 13.2. The zero-order valence-corrected chi connectivity index (χ0v) is 13.2. The molecule has 2 atom stereocenters. The fraction of sp³-hybridized carbons (Fsp3) is 1.00. The molecule has 0 N–H and O–H groups in total. The molecule has 110 valence electrons. The lowest BCUT2D eigenvalue weighted by atomic mass is 9.88. The molecule has 2 aliphatic heterocycles. The predicted molar refractivity (Wildman–Crippen MR) is 81.4 cm³/mol. The first kappa shape index (κ1) is 13.9. The summed E-state index contributed by atoms with van der Waals surface area (Å²) in [4.78, 5) is 5.63. The number of fused-ring (bicyclic) bond motifs is 2. The molecule has 0 aromatic heterocycles. The summed E-state index contributed by atoms with van der Waals surface area (Å²) in [6.45, 7) is 11.3. The zero-order chi connectivity index (χ0) is 13.5. The highest BCUT2D eigenvalue weighted by atomic mass is 15.4. The van der Waals surface area contributed by atoms with Gasteiger partial charge in [0.15, 0.2) is 0 Å². The maximum Gasteiger partial charge on any atom is 0.0232 e. The van der Waals surface area contributed by atoms with Gasteiger partial charge in [0.25, 0.3) is 0 Å². The summed E-state index contributed by atoms with van der Waals surface area (Å²) in [6.07, 6.45) is 10.3. The van der Waals surface area contributed by atoms with E-state index in [-0.39, 0.29) is 0 Å². The largest absolute Gasteiger partial charge is 0.300 e. The van der Waals surface area contributed by atoms with Crippen LogP contribution in [0.15, 0.2) is 0 Å². The van der Waals surface area contributed by atoms with Gasteiger partial charge in [0.05, 0.1) is 0 Å². The van der Waals surface area contributed by atoms with Crippen LogP contribution in [-0.4, -0.2) is 47.1 Å². The molecule has 0 amide bonds. The van der Waals surface area contributed by atoms with E-state index in [1.807, 2.05) is 0 Å². The summed E-state index contributed by atoms with van der Waals surface area (Å²) in [5.41, 5.74) is 0.364. The molecule has 0 aromatic rings. The van der Waals surface area contributed by atoms with Gasteiger partial charge in [-0.25, -0.2) is 0 Å². The standard InChI is InChI=1S/C17H32N2/c1-17(2,3)19-15-9-10-16(19)13-18(12-15)11-14-7-5-4-6-8-14/h14-16H,4-13H2,1-3H3. The van der Waals surface area contributed by atoms with Gasteiger partial charge in [0.1, 0.15) is 0 Å². The van der Waals surface area contributed by atoms with E-state index < -0.39 is 0 Å². The molecule has 3 aliphatic rings. The summed E-state index contributed by atoms with van der Waals surface area (Å²) in [7, 11) is 0. The van der Waals surface area contributed by atoms with E-state index in [0.29, 0.717) is 5.54 Å². The Morgan fingerprint density at radius 2 is 1.42 bits per heavy atom. The Hall–Kier alpha value is -0.0800. The Labute approximate surface area is 119 Å². The number of piperazine rings is 1. The van der Waals surface area contributed by atoms with E-state index in [1.54, 1.807) is 0 Å². The van der Waals surface area contributed by atoms with Crippen LogP contribution in [0.3, 0.4) is 0 Å². The van der Waals surface area contributed by atoms with Crippen LogP contribution in [0.4, 0.5) is 0 Å². The predicted octanol–water partition coefficient (Wildman–Crippen LogP) is 3.51. The molecule has 2 nitrogen and oxygen atoms in total. The second kappa shape index (κ2) is 5.37. The Kier molecular flexibility index (Phi) is 3.92. The molecular formula is C17H32N2. The number of likely N-dealkylation sites (tertiary alicyclic amines) is 1. The molecule has 2 heteroatoms. The molecule has 2 heterocycles. The third kappa shape index (κ3) is 3.00. The number of hydrogen-bond acceptors (Lipinski definition) is 2. The lowest BCUT2D eigenvalue weighted by Crippen LogP contribution is -2.60. The van der Waals surface area contributed by atoms with Crippen molar-refractivity contribution in [2.45, 2.75) is 83.3 Å². The molecule has 2 saturated heterocycles. The van der Waals surface area contributed by atoms with Crippen LogP contribution in [0.1, 0.15) is 65.7 Å². The maximum absolute atomic E-state index is 2.82. The van der Waals surface area contributed by atoms with Crippen molar-refractivity contribution in [3.8, 4) is 0 Å². The van der Waals surface area contributed by atoms with E-state index in [1.165, 1.54) is 64.6 Å². The second-order valence-electron chi connectivity index (χ2n) is 8.19. The minimum atomic E-state index is 0.364. The third-order valence-corrected chi connectivity index (χ3v) is 5.57. The first-order valence-electron chi connectivity index (χ1n) is 8.55. The quantitative estimate of drug-likeness (QED) is 0.753. The van der Waals surface area contributed by atoms with Crippen molar-refractivity contribution in [2.24, 2.45) is 5.92 Å². The minimum Gasteiger partial charge on any atom is -0.300 e. The molecule has 1 aliphatic carbocycles. The Morgan fingerprint density at radius 3 is 1.95 bits per heavy atom. The molecule has 1 saturated carbocycles. The normalized spacial score (nSPS) is 34.9. The first-order chi connectivity index (χ1) is 9.04. The molecule has 0 radical (unpaired) electrons. The lowest BCUT2D eigenvalue weighted by Gasteiger charge is -2.48. The Balaban J connectivity index is 1.58. The smallest absolute Gasteiger partial charge is 0.0232 e. The van der Waals surface area contributed by atoms with E-state index in [0.717, 1.165) is 18.0 Å². The van der Waals surface area contributed by atoms with Gasteiger partial charge in [0, 0.05) is 37.3 Å². The van der Waals surface area contributed by atoms with Crippen molar-refractivity contribution in [1.29, 1.82) is 0 Å². The van der Waals surface area contributed by atoms with Gasteiger partial charge >= 0.3 is 0 Å². The van der Waals surface area contributed by atoms with Crippen molar-refractivity contribution in [3.05, 3.63) is 0 Å². The van der Waals surface area contributed by atoms with Gasteiger partial charge in [-0.15, -0.1) is 0 Å². The fourth-order valence-electron chi connectivity index (χ4n) is 4.97. The van der Waals surface area contributed by atoms with Crippen LogP contribution in [0, 0.1) is 5.92 Å². The third-order valence-electron chi connectivity index (χ3n) is 5.57. The Bertz CT molecular complexity index is 287. The van der Waals surface area contributed by atoms with E-state index >= 15 is 0 Å². The molecule has 3 fully saturated rings. The van der Waals surface area contributed by atoms with Gasteiger partial charge < -0.3 is 0 Å². The number of rotatable bonds is 2. The van der Waals surface area contributed by atoms with E-state index in [9.17, 15) is 0 Å². The number of hydrogen-bond donors (Lipinski definition) is 0. The van der Waals surface area contributed by atoms with Crippen LogP contribution in [0.2, 0.25) is 0 Å². The second-order valence-corrected chi connectivity index (χ2v) is 8.19. The number of nitrogens with zero attached hydrogens (tertiary/aromatic N) is 2. The average Bonchev–Trinajstić information content (AvgIpc) is 2.64. The molecule has 2 unspecified atom stereocenters. The van der Waals surface area contributed by atoms with E-state index in [4.69, 9.17) is 0 Å². The minimum absolute atomic E-state index is 0.364. The van der Waals surface area contributed by atoms with Crippen LogP contribution >= 0.6 is 0 Å². The topological polar surface area (TPSA) is 6.48 Å². The fourth-order valence-corrected chi connectivity index (χ4v) is 4.97. The first-order valence-corrected chi connectivity index (χ1v) is 8.55. The monoisotopic (exact) mass is 264 g/mol. The molecular weight excluding hydrogens is 232 g/mol. The van der Waals surface area contributed by atoms with Gasteiger partial charge in [-0.05, 0) is 52.4 Å². The highest BCUT2D eigenvalue weighted by Crippen LogP contribution is 2.36. The lowest BCUT2D eigenvalue weighted by molar-refractivity contribution is -0.00424. The highest BCUT2D eigenvalue weighted by molar-refractivity contribution is 5.00. The van der Waals surface area contributed by atoms with Crippen LogP contribution in [0.25, 0.3) is 0 Å². The summed E-state index contributed by atoms with van der Waals surface area (Å²) >= 11 is 0. The average molecular weight is 264 g/mol. The summed E-state index contributed by atoms with van der Waals surface area (Å²) < 4.78 is 0. The van der Waals surface area contributed by atoms with Crippen LogP contribution in [-0.2, 0) is 0 Å². The SMILES string of the molecule is CC(C)(C)N1C2CCC1CN(CC1CCCCC1)C2. The van der Waals surface area contributed by atoms with Crippen molar-refractivity contribution < 1.29 is 0 Å². The van der Waals surface area contributed by atoms with Crippen LogP contribution in [0.5, 0.6) is 0 Å². The van der Waals surface area contributed by atoms with Crippen molar-refractivity contribution >= 4 is 0 Å². The van der Waals surface area contributed by atoms with E-state index in [2.05, 4.69) is 30.6 Å². The van der Waals surface area contributed by atoms with Crippen molar-refractivity contribution in [2.75, 3.05) is 19.6 Å². The van der Waals surface area contributed by atoms with Crippen molar-refractivity contribution in [1.82, 2.24) is 9.80 Å². The molecule has 3 rings (SSSR count). The highest BCUT2D eigenvalue weighted by Gasteiger charge is 2.44. The van der Waals surface area contributed by atoms with Gasteiger partial charge in [-0.1, -0.05) is 19.3 Å². The van der Waals surface area contributed by atoms with Crippen molar-refractivity contribution in [3.63, 3.8) is 0 Å². The summed E-state index contributed by atoms with van der Waals surface area (Å²) in [5.74, 6) is 1.01. The molecule has 2 bridgehead atoms. The maximum atomic E-state index is 2.82. The molecule has 0 aromatic carbocycles.